The lowest BCUT2D eigenvalue weighted by atomic mass is 9.99. The predicted octanol–water partition coefficient (Wildman–Crippen LogP) is -0.703. The topological polar surface area (TPSA) is 269 Å². The Morgan fingerprint density at radius 3 is 2.16 bits per heavy atom. The van der Waals surface area contributed by atoms with Crippen molar-refractivity contribution in [2.24, 2.45) is 0 Å². The molecule has 0 bridgehead atoms. The van der Waals surface area contributed by atoms with Gasteiger partial charge in [-0.05, 0) is 18.6 Å². The highest BCUT2D eigenvalue weighted by Gasteiger charge is 2.46. The van der Waals surface area contributed by atoms with Crippen molar-refractivity contribution in [2.45, 2.75) is 55.9 Å². The Kier molecular flexibility index (Phi) is 9.83. The van der Waals surface area contributed by atoms with Crippen LogP contribution in [-0.2, 0) is 14.2 Å². The quantitative estimate of drug-likeness (QED) is 0.148. The zero-order valence-corrected chi connectivity index (χ0v) is 22.6. The van der Waals surface area contributed by atoms with E-state index in [0.717, 1.165) is 31.4 Å². The van der Waals surface area contributed by atoms with E-state index < -0.39 is 94.2 Å². The van der Waals surface area contributed by atoms with Crippen molar-refractivity contribution >= 4 is 11.0 Å². The largest absolute Gasteiger partial charge is 0.508 e. The maximum Gasteiger partial charge on any atom is 0.239 e. The van der Waals surface area contributed by atoms with Crippen molar-refractivity contribution in [2.75, 3.05) is 20.3 Å². The molecule has 1 aromatic heterocycles. The molecule has 6 unspecified atom stereocenters. The maximum atomic E-state index is 13.5. The molecule has 0 radical (unpaired) electrons. The molecule has 236 valence electrons. The summed E-state index contributed by atoms with van der Waals surface area (Å²) in [7, 11) is 1.00. The fraction of sp³-hybridized carbons (Fsp3) is 0.444. The number of phenolic OH excluding ortho intramolecular Hbond substituents is 5. The molecule has 7 atom stereocenters. The molecule has 0 spiro atoms. The summed E-state index contributed by atoms with van der Waals surface area (Å²) in [4.78, 5) is 13.5. The summed E-state index contributed by atoms with van der Waals surface area (Å²) < 4.78 is 28.1. The third-order valence-electron chi connectivity index (χ3n) is 6.87. The minimum Gasteiger partial charge on any atom is -0.508 e. The Morgan fingerprint density at radius 2 is 1.53 bits per heavy atom. The van der Waals surface area contributed by atoms with Crippen molar-refractivity contribution in [3.05, 3.63) is 34.5 Å². The Bertz CT molecular complexity index is 1470. The molecule has 10 N–H and O–H groups in total. The van der Waals surface area contributed by atoms with E-state index in [-0.39, 0.29) is 24.4 Å². The van der Waals surface area contributed by atoms with E-state index in [1.807, 2.05) is 0 Å². The number of aliphatic hydroxyl groups is 5. The van der Waals surface area contributed by atoms with Gasteiger partial charge in [-0.3, -0.25) is 4.79 Å². The second-order valence-electron chi connectivity index (χ2n) is 9.70. The standard InChI is InChI=1S/C26H28O15.CH4O/c27-7-11-1-2-17(38-11)37-8-16-20(33)22(35)23(36)26(40-16)41-25-21(34)18-12(29)5-10(28)6-15(18)39-24(25)9-3-13(30)19(32)14(31)4-9;1-2/h3-6,11,16-17,20,22-23,26-33,35-36H,1-2,7-8H2;2H,1H3/t11?,16?,17?,20?,22?,23-,26?;/m1./s1. The van der Waals surface area contributed by atoms with Crippen molar-refractivity contribution in [3.8, 4) is 45.8 Å². The van der Waals surface area contributed by atoms with Crippen LogP contribution in [-0.4, -0.2) is 114 Å². The summed E-state index contributed by atoms with van der Waals surface area (Å²) >= 11 is 0. The number of hydrogen-bond acceptors (Lipinski definition) is 16. The van der Waals surface area contributed by atoms with Gasteiger partial charge in [-0.2, -0.15) is 0 Å². The Balaban J connectivity index is 0.00000207. The fourth-order valence-electron chi connectivity index (χ4n) is 4.70. The average Bonchev–Trinajstić information content (AvgIpc) is 3.45. The number of phenols is 5. The van der Waals surface area contributed by atoms with Crippen LogP contribution in [0.15, 0.2) is 33.5 Å². The summed E-state index contributed by atoms with van der Waals surface area (Å²) in [6.45, 7) is -0.543. The number of hydrogen-bond donors (Lipinski definition) is 10. The Labute approximate surface area is 242 Å². The summed E-state index contributed by atoms with van der Waals surface area (Å²) in [5.41, 5.74) is -1.58. The second kappa shape index (κ2) is 13.2. The van der Waals surface area contributed by atoms with Crippen molar-refractivity contribution in [1.29, 1.82) is 0 Å². The number of aromatic hydroxyl groups is 5. The first-order valence-electron chi connectivity index (χ1n) is 13.0. The van der Waals surface area contributed by atoms with Gasteiger partial charge in [-0.1, -0.05) is 0 Å². The molecule has 3 aromatic rings. The number of aliphatic hydroxyl groups excluding tert-OH is 5. The number of fused-ring (bicyclic) bond motifs is 1. The van der Waals surface area contributed by atoms with Crippen LogP contribution in [0, 0.1) is 0 Å². The molecule has 2 aliphatic rings. The van der Waals surface area contributed by atoms with E-state index in [4.69, 9.17) is 28.5 Å². The zero-order valence-electron chi connectivity index (χ0n) is 22.6. The molecule has 0 saturated carbocycles. The van der Waals surface area contributed by atoms with E-state index in [9.17, 15) is 50.8 Å². The van der Waals surface area contributed by atoms with Crippen LogP contribution in [0.3, 0.4) is 0 Å². The molecule has 5 rings (SSSR count). The molecule has 3 heterocycles. The van der Waals surface area contributed by atoms with Gasteiger partial charge >= 0.3 is 0 Å². The molecule has 2 saturated heterocycles. The van der Waals surface area contributed by atoms with Gasteiger partial charge in [0.15, 0.2) is 29.3 Å². The molecular formula is C27H32O16. The van der Waals surface area contributed by atoms with Gasteiger partial charge in [0, 0.05) is 31.2 Å². The van der Waals surface area contributed by atoms with Crippen LogP contribution in [0.25, 0.3) is 22.3 Å². The smallest absolute Gasteiger partial charge is 0.239 e. The summed E-state index contributed by atoms with van der Waals surface area (Å²) in [5, 5.41) is 97.4. The van der Waals surface area contributed by atoms with E-state index in [1.54, 1.807) is 0 Å². The van der Waals surface area contributed by atoms with Gasteiger partial charge in [-0.25, -0.2) is 0 Å². The van der Waals surface area contributed by atoms with E-state index in [2.05, 4.69) is 0 Å². The van der Waals surface area contributed by atoms with Gasteiger partial charge in [0.2, 0.25) is 17.5 Å². The monoisotopic (exact) mass is 612 g/mol. The first-order chi connectivity index (χ1) is 20.5. The molecule has 2 fully saturated rings. The highest BCUT2D eigenvalue weighted by atomic mass is 16.7. The molecule has 0 aliphatic carbocycles. The van der Waals surface area contributed by atoms with E-state index in [0.29, 0.717) is 12.8 Å². The second-order valence-corrected chi connectivity index (χ2v) is 9.70. The van der Waals surface area contributed by atoms with E-state index in [1.165, 1.54) is 0 Å². The minimum absolute atomic E-state index is 0.203. The minimum atomic E-state index is -1.92. The summed E-state index contributed by atoms with van der Waals surface area (Å²) in [5.74, 6) is -4.82. The highest BCUT2D eigenvalue weighted by Crippen LogP contribution is 2.43. The molecule has 0 amide bonds. The van der Waals surface area contributed by atoms with E-state index >= 15 is 0 Å². The lowest BCUT2D eigenvalue weighted by Crippen LogP contribution is -2.60. The van der Waals surface area contributed by atoms with Crippen LogP contribution in [0.2, 0.25) is 0 Å². The van der Waals surface area contributed by atoms with Gasteiger partial charge in [0.1, 0.15) is 46.9 Å². The molecule has 16 nitrogen and oxygen atoms in total. The van der Waals surface area contributed by atoms with Crippen molar-refractivity contribution in [3.63, 3.8) is 0 Å². The lowest BCUT2D eigenvalue weighted by Gasteiger charge is -2.40. The molecule has 2 aromatic carbocycles. The van der Waals surface area contributed by atoms with Gasteiger partial charge in [-0.15, -0.1) is 0 Å². The third-order valence-corrected chi connectivity index (χ3v) is 6.87. The Hall–Kier alpha value is -3.87. The van der Waals surface area contributed by atoms with Gasteiger partial charge < -0.3 is 74.4 Å². The average molecular weight is 613 g/mol. The van der Waals surface area contributed by atoms with Crippen LogP contribution in [0.5, 0.6) is 34.5 Å². The summed E-state index contributed by atoms with van der Waals surface area (Å²) in [6, 6.07) is 3.72. The van der Waals surface area contributed by atoms with Gasteiger partial charge in [0.25, 0.3) is 0 Å². The third kappa shape index (κ3) is 6.41. The maximum absolute atomic E-state index is 13.5. The van der Waals surface area contributed by atoms with Crippen LogP contribution in [0.1, 0.15) is 12.8 Å². The first kappa shape index (κ1) is 32.1. The van der Waals surface area contributed by atoms with Crippen molar-refractivity contribution < 1.29 is 74.4 Å². The van der Waals surface area contributed by atoms with Crippen molar-refractivity contribution in [1.82, 2.24) is 0 Å². The number of ether oxygens (including phenoxy) is 4. The number of benzene rings is 2. The summed E-state index contributed by atoms with van der Waals surface area (Å²) in [6.07, 6.45) is -8.66. The molecule has 16 heteroatoms. The number of rotatable bonds is 7. The predicted molar refractivity (Wildman–Crippen MR) is 143 cm³/mol. The highest BCUT2D eigenvalue weighted by molar-refractivity contribution is 5.88. The molecule has 2 aliphatic heterocycles. The normalized spacial score (nSPS) is 27.1. The lowest BCUT2D eigenvalue weighted by molar-refractivity contribution is -0.287. The first-order valence-corrected chi connectivity index (χ1v) is 13.0. The van der Waals surface area contributed by atoms with Gasteiger partial charge in [0.05, 0.1) is 19.3 Å². The van der Waals surface area contributed by atoms with Crippen LogP contribution >= 0.6 is 0 Å². The fourth-order valence-corrected chi connectivity index (χ4v) is 4.70. The van der Waals surface area contributed by atoms with Crippen LogP contribution in [0.4, 0.5) is 0 Å². The zero-order chi connectivity index (χ0) is 31.6. The molecule has 43 heavy (non-hydrogen) atoms. The SMILES string of the molecule is CO.O=c1c(OC2OC(COC3CCC(CO)O3)C(O)C(O)[C@H]2O)c(-c2cc(O)c(O)c(O)c2)oc2cc(O)cc(O)c12. The molecular weight excluding hydrogens is 580 g/mol. The van der Waals surface area contributed by atoms with Crippen LogP contribution < -0.4 is 10.2 Å². The Morgan fingerprint density at radius 1 is 0.860 bits per heavy atom.